The van der Waals surface area contributed by atoms with E-state index in [2.05, 4.69) is 5.32 Å². The number of nitrogens with one attached hydrogen (secondary N) is 1. The van der Waals surface area contributed by atoms with Gasteiger partial charge in [-0.3, -0.25) is 13.9 Å². The number of anilines is 1. The number of ether oxygens (including phenoxy) is 1. The average Bonchev–Trinajstić information content (AvgIpc) is 2.84. The minimum Gasteiger partial charge on any atom is -0.497 e. The number of amides is 2. The first-order valence-corrected chi connectivity index (χ1v) is 14.2. The second-order valence-corrected chi connectivity index (χ2v) is 10.8. The molecule has 36 heavy (non-hydrogen) atoms. The Morgan fingerprint density at radius 3 is 2.33 bits per heavy atom. The Labute approximate surface area is 215 Å². The summed E-state index contributed by atoms with van der Waals surface area (Å²) >= 11 is 0. The van der Waals surface area contributed by atoms with Crippen LogP contribution in [0.15, 0.2) is 48.5 Å². The molecule has 0 radical (unpaired) electrons. The van der Waals surface area contributed by atoms with Crippen molar-refractivity contribution in [3.05, 3.63) is 59.7 Å². The number of aryl methyl sites for hydroxylation is 1. The third-order valence-corrected chi connectivity index (χ3v) is 7.08. The lowest BCUT2D eigenvalue weighted by molar-refractivity contribution is -0.141. The van der Waals surface area contributed by atoms with Crippen LogP contribution in [0, 0.1) is 6.92 Å². The Kier molecular flexibility index (Phi) is 11.2. The zero-order valence-corrected chi connectivity index (χ0v) is 22.8. The fraction of sp³-hybridized carbons (Fsp3) is 0.481. The molecule has 1 N–H and O–H groups in total. The first-order valence-electron chi connectivity index (χ1n) is 12.3. The number of hydrogen-bond acceptors (Lipinski definition) is 5. The summed E-state index contributed by atoms with van der Waals surface area (Å²) < 4.78 is 31.4. The Morgan fingerprint density at radius 2 is 1.78 bits per heavy atom. The summed E-state index contributed by atoms with van der Waals surface area (Å²) in [6, 6.07) is 14.0. The van der Waals surface area contributed by atoms with Crippen molar-refractivity contribution in [2.75, 3.05) is 30.8 Å². The highest BCUT2D eigenvalue weighted by Crippen LogP contribution is 2.22. The number of benzene rings is 2. The fourth-order valence-electron chi connectivity index (χ4n) is 4.05. The van der Waals surface area contributed by atoms with Crippen molar-refractivity contribution >= 4 is 27.5 Å². The van der Waals surface area contributed by atoms with E-state index in [1.54, 1.807) is 36.3 Å². The van der Waals surface area contributed by atoms with Gasteiger partial charge in [0, 0.05) is 26.1 Å². The van der Waals surface area contributed by atoms with E-state index in [0.717, 1.165) is 23.8 Å². The molecule has 9 heteroatoms. The lowest BCUT2D eigenvalue weighted by atomic mass is 10.1. The summed E-state index contributed by atoms with van der Waals surface area (Å²) in [6.45, 7) is 6.86. The summed E-state index contributed by atoms with van der Waals surface area (Å²) in [5, 5.41) is 2.91. The number of carbonyl (C=O) groups is 2. The largest absolute Gasteiger partial charge is 0.497 e. The van der Waals surface area contributed by atoms with Gasteiger partial charge in [-0.1, -0.05) is 43.7 Å². The highest BCUT2D eigenvalue weighted by Gasteiger charge is 2.28. The maximum atomic E-state index is 13.4. The quantitative estimate of drug-likeness (QED) is 0.410. The molecule has 0 spiro atoms. The summed E-state index contributed by atoms with van der Waals surface area (Å²) in [6.07, 6.45) is 2.87. The van der Waals surface area contributed by atoms with Crippen LogP contribution in [0.4, 0.5) is 5.69 Å². The first kappa shape index (κ1) is 29.2. The molecule has 0 bridgehead atoms. The van der Waals surface area contributed by atoms with Crippen LogP contribution in [0.25, 0.3) is 0 Å². The van der Waals surface area contributed by atoms with Gasteiger partial charge in [0.2, 0.25) is 21.8 Å². The number of sulfonamides is 1. The molecule has 198 valence electrons. The van der Waals surface area contributed by atoms with E-state index < -0.39 is 16.1 Å². The molecule has 0 saturated heterocycles. The Hall–Kier alpha value is -3.07. The van der Waals surface area contributed by atoms with Crippen molar-refractivity contribution in [2.45, 2.75) is 59.0 Å². The molecule has 1 atom stereocenters. The van der Waals surface area contributed by atoms with Crippen molar-refractivity contribution in [1.82, 2.24) is 10.2 Å². The van der Waals surface area contributed by atoms with Crippen LogP contribution in [-0.2, 0) is 26.2 Å². The molecule has 0 saturated carbocycles. The van der Waals surface area contributed by atoms with Gasteiger partial charge in [0.05, 0.1) is 19.1 Å². The van der Waals surface area contributed by atoms with E-state index in [4.69, 9.17) is 4.74 Å². The summed E-state index contributed by atoms with van der Waals surface area (Å²) in [7, 11) is -2.01. The number of methoxy groups -OCH3 is 1. The molecule has 0 heterocycles. The molecule has 2 aromatic carbocycles. The number of hydrogen-bond donors (Lipinski definition) is 1. The Morgan fingerprint density at radius 1 is 1.08 bits per heavy atom. The van der Waals surface area contributed by atoms with Gasteiger partial charge in [-0.2, -0.15) is 0 Å². The molecule has 0 unspecified atom stereocenters. The van der Waals surface area contributed by atoms with Crippen LogP contribution in [0.2, 0.25) is 0 Å². The van der Waals surface area contributed by atoms with E-state index in [1.165, 1.54) is 4.31 Å². The molecule has 2 rings (SSSR count). The van der Waals surface area contributed by atoms with Crippen molar-refractivity contribution in [3.63, 3.8) is 0 Å². The zero-order chi connectivity index (χ0) is 26.7. The van der Waals surface area contributed by atoms with Gasteiger partial charge in [0.1, 0.15) is 11.8 Å². The topological polar surface area (TPSA) is 96.0 Å². The average molecular weight is 518 g/mol. The van der Waals surface area contributed by atoms with Crippen LogP contribution in [0.1, 0.15) is 50.7 Å². The van der Waals surface area contributed by atoms with Crippen molar-refractivity contribution < 1.29 is 22.7 Å². The lowest BCUT2D eigenvalue weighted by Crippen LogP contribution is -2.49. The van der Waals surface area contributed by atoms with Crippen LogP contribution < -0.4 is 14.4 Å². The predicted molar refractivity (Wildman–Crippen MR) is 144 cm³/mol. The standard InChI is InChI=1S/C27H39N3O5S/c1-6-17-28-27(32)25(7-2)29(20-22-11-8-10-21(3)19-22)26(31)12-9-18-30(36(5,33)34)23-13-15-24(35-4)16-14-23/h8,10-11,13-16,19,25H,6-7,9,12,17-18,20H2,1-5H3,(H,28,32)/t25-/m1/s1. The SMILES string of the molecule is CCCNC(=O)[C@@H](CC)N(Cc1cccc(C)c1)C(=O)CCCN(c1ccc(OC)cc1)S(C)(=O)=O. The van der Waals surface area contributed by atoms with Gasteiger partial charge in [-0.15, -0.1) is 0 Å². The fourth-order valence-corrected chi connectivity index (χ4v) is 5.01. The second-order valence-electron chi connectivity index (χ2n) is 8.86. The van der Waals surface area contributed by atoms with Crippen molar-refractivity contribution in [2.24, 2.45) is 0 Å². The highest BCUT2D eigenvalue weighted by atomic mass is 32.2. The summed E-state index contributed by atoms with van der Waals surface area (Å²) in [4.78, 5) is 27.9. The Balaban J connectivity index is 2.19. The van der Waals surface area contributed by atoms with Gasteiger partial charge in [-0.05, 0) is 56.0 Å². The van der Waals surface area contributed by atoms with Crippen molar-refractivity contribution in [3.8, 4) is 5.75 Å². The van der Waals surface area contributed by atoms with Crippen LogP contribution in [0.5, 0.6) is 5.75 Å². The van der Waals surface area contributed by atoms with Crippen LogP contribution in [0.3, 0.4) is 0 Å². The maximum Gasteiger partial charge on any atom is 0.242 e. The van der Waals surface area contributed by atoms with E-state index in [0.29, 0.717) is 37.4 Å². The van der Waals surface area contributed by atoms with E-state index in [9.17, 15) is 18.0 Å². The summed E-state index contributed by atoms with van der Waals surface area (Å²) in [5.41, 5.74) is 2.53. The monoisotopic (exact) mass is 517 g/mol. The lowest BCUT2D eigenvalue weighted by Gasteiger charge is -2.31. The number of rotatable bonds is 14. The molecule has 8 nitrogen and oxygen atoms in total. The van der Waals surface area contributed by atoms with Gasteiger partial charge in [-0.25, -0.2) is 8.42 Å². The zero-order valence-electron chi connectivity index (χ0n) is 22.0. The van der Waals surface area contributed by atoms with Crippen LogP contribution >= 0.6 is 0 Å². The van der Waals surface area contributed by atoms with Gasteiger partial charge < -0.3 is 15.0 Å². The molecular formula is C27H39N3O5S. The molecule has 2 amide bonds. The molecule has 0 aliphatic heterocycles. The second kappa shape index (κ2) is 13.9. The maximum absolute atomic E-state index is 13.4. The van der Waals surface area contributed by atoms with Gasteiger partial charge >= 0.3 is 0 Å². The molecule has 0 aliphatic rings. The molecule has 0 aromatic heterocycles. The number of nitrogens with zero attached hydrogens (tertiary/aromatic N) is 2. The number of carbonyl (C=O) groups excluding carboxylic acids is 2. The Bertz CT molecular complexity index is 1100. The summed E-state index contributed by atoms with van der Waals surface area (Å²) in [5.74, 6) is 0.274. The minimum atomic E-state index is -3.55. The van der Waals surface area contributed by atoms with E-state index >= 15 is 0 Å². The van der Waals surface area contributed by atoms with Crippen LogP contribution in [-0.4, -0.2) is 57.6 Å². The van der Waals surface area contributed by atoms with E-state index in [1.807, 2.05) is 45.0 Å². The third kappa shape index (κ3) is 8.55. The van der Waals surface area contributed by atoms with Gasteiger partial charge in [0.25, 0.3) is 0 Å². The highest BCUT2D eigenvalue weighted by molar-refractivity contribution is 7.92. The third-order valence-electron chi connectivity index (χ3n) is 5.88. The minimum absolute atomic E-state index is 0.117. The van der Waals surface area contributed by atoms with Crippen molar-refractivity contribution in [1.29, 1.82) is 0 Å². The molecule has 0 aliphatic carbocycles. The first-order chi connectivity index (χ1) is 17.1. The van der Waals surface area contributed by atoms with E-state index in [-0.39, 0.29) is 24.8 Å². The predicted octanol–water partition coefficient (Wildman–Crippen LogP) is 3.88. The smallest absolute Gasteiger partial charge is 0.242 e. The molecular weight excluding hydrogens is 478 g/mol. The normalized spacial score (nSPS) is 12.0. The molecule has 2 aromatic rings. The van der Waals surface area contributed by atoms with Gasteiger partial charge in [0.15, 0.2) is 0 Å². The molecule has 0 fully saturated rings.